The van der Waals surface area contributed by atoms with Gasteiger partial charge in [0.1, 0.15) is 5.75 Å². The van der Waals surface area contributed by atoms with Crippen LogP contribution in [0.15, 0.2) is 53.6 Å². The van der Waals surface area contributed by atoms with Crippen LogP contribution >= 0.6 is 11.6 Å². The van der Waals surface area contributed by atoms with Crippen molar-refractivity contribution in [1.29, 1.82) is 0 Å². The highest BCUT2D eigenvalue weighted by Gasteiger charge is 2.11. The fourth-order valence-corrected chi connectivity index (χ4v) is 2.87. The van der Waals surface area contributed by atoms with Gasteiger partial charge in [-0.3, -0.25) is 4.79 Å². The van der Waals surface area contributed by atoms with Gasteiger partial charge in [-0.2, -0.15) is 5.10 Å². The Labute approximate surface area is 163 Å². The Morgan fingerprint density at radius 1 is 1.19 bits per heavy atom. The molecule has 0 unspecified atom stereocenters. The summed E-state index contributed by atoms with van der Waals surface area (Å²) in [5.41, 5.74) is 5.32. The van der Waals surface area contributed by atoms with E-state index >= 15 is 0 Å². The number of rotatable bonds is 6. The number of ether oxygens (including phenoxy) is 2. The molecule has 0 spiro atoms. The van der Waals surface area contributed by atoms with Crippen molar-refractivity contribution in [3.8, 4) is 5.75 Å². The lowest BCUT2D eigenvalue weighted by Gasteiger charge is -2.28. The summed E-state index contributed by atoms with van der Waals surface area (Å²) in [6.45, 7) is 4.99. The summed E-state index contributed by atoms with van der Waals surface area (Å²) in [7, 11) is 0. The van der Waals surface area contributed by atoms with E-state index in [1.807, 2.05) is 19.1 Å². The van der Waals surface area contributed by atoms with Crippen molar-refractivity contribution in [2.24, 2.45) is 5.10 Å². The summed E-state index contributed by atoms with van der Waals surface area (Å²) in [5.74, 6) is 0.118. The van der Waals surface area contributed by atoms with Crippen LogP contribution in [-0.2, 0) is 9.53 Å². The fourth-order valence-electron chi connectivity index (χ4n) is 2.68. The van der Waals surface area contributed by atoms with E-state index in [1.54, 1.807) is 24.3 Å². The molecule has 1 fully saturated rings. The monoisotopic (exact) mass is 387 g/mol. The number of nitrogens with zero attached hydrogens (tertiary/aromatic N) is 2. The quantitative estimate of drug-likeness (QED) is 0.611. The molecule has 142 valence electrons. The number of morpholine rings is 1. The Bertz CT molecular complexity index is 802. The minimum absolute atomic E-state index is 0.156. The number of nitrogens with one attached hydrogen (secondary N) is 1. The molecule has 1 heterocycles. The topological polar surface area (TPSA) is 63.2 Å². The molecule has 3 rings (SSSR count). The lowest BCUT2D eigenvalue weighted by atomic mass is 10.1. The zero-order chi connectivity index (χ0) is 19.1. The van der Waals surface area contributed by atoms with E-state index in [4.69, 9.17) is 21.1 Å². The van der Waals surface area contributed by atoms with Gasteiger partial charge in [0.05, 0.1) is 23.9 Å². The Kier molecular flexibility index (Phi) is 6.68. The molecule has 1 aliphatic heterocycles. The highest BCUT2D eigenvalue weighted by molar-refractivity contribution is 6.32. The number of carbonyl (C=O) groups is 1. The van der Waals surface area contributed by atoms with Crippen molar-refractivity contribution < 1.29 is 14.3 Å². The van der Waals surface area contributed by atoms with Gasteiger partial charge in [0.2, 0.25) is 0 Å². The second kappa shape index (κ2) is 9.39. The van der Waals surface area contributed by atoms with Crippen molar-refractivity contribution >= 4 is 28.9 Å². The van der Waals surface area contributed by atoms with Gasteiger partial charge in [-0.05, 0) is 36.8 Å². The third-order valence-corrected chi connectivity index (χ3v) is 4.52. The normalized spacial score (nSPS) is 14.7. The molecule has 1 aliphatic rings. The summed E-state index contributed by atoms with van der Waals surface area (Å²) in [4.78, 5) is 14.2. The number of benzene rings is 2. The first-order valence-electron chi connectivity index (χ1n) is 8.77. The standard InChI is InChI=1S/C20H22ClN3O3/c1-15(16-6-8-17(9-7-16)24-10-12-26-13-11-24)22-23-20(25)14-27-19-5-3-2-4-18(19)21/h2-9H,10-14H2,1H3,(H,23,25)/b22-15-. The van der Waals surface area contributed by atoms with Crippen molar-refractivity contribution in [3.05, 3.63) is 59.1 Å². The lowest BCUT2D eigenvalue weighted by molar-refractivity contribution is -0.123. The molecule has 7 heteroatoms. The highest BCUT2D eigenvalue weighted by Crippen LogP contribution is 2.22. The van der Waals surface area contributed by atoms with Crippen LogP contribution < -0.4 is 15.1 Å². The molecule has 0 bridgehead atoms. The third kappa shape index (κ3) is 5.45. The molecular weight excluding hydrogens is 366 g/mol. The van der Waals surface area contributed by atoms with E-state index in [1.165, 1.54) is 0 Å². The molecule has 2 aromatic rings. The van der Waals surface area contributed by atoms with Crippen molar-refractivity contribution in [2.45, 2.75) is 6.92 Å². The summed E-state index contributed by atoms with van der Waals surface area (Å²) in [6.07, 6.45) is 0. The molecule has 6 nitrogen and oxygen atoms in total. The van der Waals surface area contributed by atoms with Crippen molar-refractivity contribution in [2.75, 3.05) is 37.8 Å². The number of halogens is 1. The second-order valence-electron chi connectivity index (χ2n) is 6.10. The molecular formula is C20H22ClN3O3. The van der Waals surface area contributed by atoms with Gasteiger partial charge in [-0.1, -0.05) is 35.9 Å². The number of carbonyl (C=O) groups excluding carboxylic acids is 1. The number of amides is 1. The van der Waals surface area contributed by atoms with Crippen LogP contribution in [0.2, 0.25) is 5.02 Å². The molecule has 2 aromatic carbocycles. The van der Waals surface area contributed by atoms with Gasteiger partial charge in [-0.25, -0.2) is 5.43 Å². The van der Waals surface area contributed by atoms with E-state index in [0.717, 1.165) is 43.3 Å². The largest absolute Gasteiger partial charge is 0.482 e. The Morgan fingerprint density at radius 2 is 1.89 bits per heavy atom. The summed E-state index contributed by atoms with van der Waals surface area (Å²) < 4.78 is 10.8. The van der Waals surface area contributed by atoms with Gasteiger partial charge < -0.3 is 14.4 Å². The van der Waals surface area contributed by atoms with Crippen LogP contribution in [0.4, 0.5) is 5.69 Å². The van der Waals surface area contributed by atoms with Crippen LogP contribution in [0, 0.1) is 0 Å². The highest BCUT2D eigenvalue weighted by atomic mass is 35.5. The Balaban J connectivity index is 1.52. The number of para-hydroxylation sites is 1. The van der Waals surface area contributed by atoms with Gasteiger partial charge in [0.15, 0.2) is 6.61 Å². The second-order valence-corrected chi connectivity index (χ2v) is 6.50. The Morgan fingerprint density at radius 3 is 2.59 bits per heavy atom. The first-order chi connectivity index (χ1) is 13.1. The zero-order valence-corrected chi connectivity index (χ0v) is 15.9. The van der Waals surface area contributed by atoms with E-state index in [2.05, 4.69) is 27.6 Å². The lowest BCUT2D eigenvalue weighted by Crippen LogP contribution is -2.36. The van der Waals surface area contributed by atoms with Crippen LogP contribution in [-0.4, -0.2) is 44.5 Å². The first-order valence-corrected chi connectivity index (χ1v) is 9.15. The SMILES string of the molecule is C/C(=N/NC(=O)COc1ccccc1Cl)c1ccc(N2CCOCC2)cc1. The molecule has 0 radical (unpaired) electrons. The smallest absolute Gasteiger partial charge is 0.277 e. The minimum Gasteiger partial charge on any atom is -0.482 e. The molecule has 0 saturated carbocycles. The van der Waals surface area contributed by atoms with Gasteiger partial charge in [0, 0.05) is 18.8 Å². The molecule has 1 N–H and O–H groups in total. The van der Waals surface area contributed by atoms with E-state index < -0.39 is 0 Å². The van der Waals surface area contributed by atoms with Gasteiger partial charge >= 0.3 is 0 Å². The average Bonchev–Trinajstić information content (AvgIpc) is 2.72. The molecule has 1 saturated heterocycles. The maximum absolute atomic E-state index is 11.9. The maximum Gasteiger partial charge on any atom is 0.277 e. The predicted octanol–water partition coefficient (Wildman–Crippen LogP) is 3.10. The van der Waals surface area contributed by atoms with E-state index in [9.17, 15) is 4.79 Å². The van der Waals surface area contributed by atoms with Crippen LogP contribution in [0.25, 0.3) is 0 Å². The predicted molar refractivity (Wildman–Crippen MR) is 107 cm³/mol. The molecule has 0 aliphatic carbocycles. The molecule has 27 heavy (non-hydrogen) atoms. The summed E-state index contributed by atoms with van der Waals surface area (Å²) >= 11 is 5.99. The average molecular weight is 388 g/mol. The molecule has 0 atom stereocenters. The van der Waals surface area contributed by atoms with Gasteiger partial charge in [0.25, 0.3) is 5.91 Å². The molecule has 0 aromatic heterocycles. The summed E-state index contributed by atoms with van der Waals surface area (Å²) in [6, 6.07) is 15.1. The van der Waals surface area contributed by atoms with Crippen LogP contribution in [0.3, 0.4) is 0 Å². The number of anilines is 1. The van der Waals surface area contributed by atoms with Crippen molar-refractivity contribution in [1.82, 2.24) is 5.43 Å². The van der Waals surface area contributed by atoms with Gasteiger partial charge in [-0.15, -0.1) is 0 Å². The zero-order valence-electron chi connectivity index (χ0n) is 15.2. The first kappa shape index (κ1) is 19.2. The van der Waals surface area contributed by atoms with E-state index in [-0.39, 0.29) is 12.5 Å². The third-order valence-electron chi connectivity index (χ3n) is 4.21. The molecule has 1 amide bonds. The minimum atomic E-state index is -0.348. The van der Waals surface area contributed by atoms with E-state index in [0.29, 0.717) is 10.8 Å². The number of hydrogen-bond acceptors (Lipinski definition) is 5. The number of hydrazone groups is 1. The maximum atomic E-state index is 11.9. The van der Waals surface area contributed by atoms with Crippen molar-refractivity contribution in [3.63, 3.8) is 0 Å². The summed E-state index contributed by atoms with van der Waals surface area (Å²) in [5, 5.41) is 4.61. The Hall–Kier alpha value is -2.57. The fraction of sp³-hybridized carbons (Fsp3) is 0.300. The number of hydrogen-bond donors (Lipinski definition) is 1. The van der Waals surface area contributed by atoms with Crippen LogP contribution in [0.5, 0.6) is 5.75 Å². The van der Waals surface area contributed by atoms with Crippen LogP contribution in [0.1, 0.15) is 12.5 Å².